The molecule has 1 aromatic heterocycles. The highest BCUT2D eigenvalue weighted by molar-refractivity contribution is 8.00. The number of methoxy groups -OCH3 is 1. The van der Waals surface area contributed by atoms with Crippen LogP contribution in [0, 0.1) is 5.92 Å². The van der Waals surface area contributed by atoms with Crippen molar-refractivity contribution in [3.05, 3.63) is 98.5 Å². The highest BCUT2D eigenvalue weighted by Crippen LogP contribution is 2.55. The zero-order valence-electron chi connectivity index (χ0n) is 22.7. The predicted octanol–water partition coefficient (Wildman–Crippen LogP) is 5.08. The van der Waals surface area contributed by atoms with Crippen LogP contribution in [0.3, 0.4) is 0 Å². The standard InChI is InChI=1S/C30H22F3N3O6S2/c1-42-20-8-3-2-7-19(20)22-23-24(27(40)36(26(23)39)17-6-4-5-15(13-17)30(31,32)33)43-28-25(22)44-29(41)35(28)14-21(38)34-16-9-11-18(37)12-10-16/h2-13,22-24,37H,14H2,1H3,(H,34,38)/t22-,23-,24+/m0/s1. The lowest BCUT2D eigenvalue weighted by Gasteiger charge is -2.31. The van der Waals surface area contributed by atoms with E-state index in [-0.39, 0.29) is 11.4 Å². The molecule has 0 aliphatic carbocycles. The first-order valence-corrected chi connectivity index (χ1v) is 14.8. The number of thioether (sulfide) groups is 1. The van der Waals surface area contributed by atoms with Crippen molar-refractivity contribution >= 4 is 52.2 Å². The molecule has 3 atom stereocenters. The van der Waals surface area contributed by atoms with E-state index in [2.05, 4.69) is 5.32 Å². The number of carbonyl (C=O) groups excluding carboxylic acids is 3. The number of para-hydroxylation sites is 1. The SMILES string of the molecule is COc1ccccc1[C@@H]1c2sc(=O)n(CC(=O)Nc3ccc(O)cc3)c2S[C@H]2C(=O)N(c3cccc(C(F)(F)F)c3)C(=O)[C@@H]12. The summed E-state index contributed by atoms with van der Waals surface area (Å²) in [5.41, 5.74) is -0.317. The van der Waals surface area contributed by atoms with Crippen LogP contribution in [0.15, 0.2) is 82.6 Å². The Labute approximate surface area is 255 Å². The number of amides is 3. The molecule has 1 fully saturated rings. The fourth-order valence-corrected chi connectivity index (χ4v) is 8.24. The number of rotatable bonds is 6. The number of imide groups is 1. The second kappa shape index (κ2) is 11.2. The van der Waals surface area contributed by atoms with Crippen LogP contribution in [0.25, 0.3) is 0 Å². The number of alkyl halides is 3. The molecule has 3 aromatic carbocycles. The summed E-state index contributed by atoms with van der Waals surface area (Å²) in [6, 6.07) is 16.6. The average molecular weight is 642 g/mol. The highest BCUT2D eigenvalue weighted by atomic mass is 32.2. The van der Waals surface area contributed by atoms with Gasteiger partial charge in [0.25, 0.3) is 0 Å². The maximum atomic E-state index is 14.0. The van der Waals surface area contributed by atoms with Crippen LogP contribution in [0.2, 0.25) is 0 Å². The van der Waals surface area contributed by atoms with Gasteiger partial charge in [-0.05, 0) is 48.5 Å². The summed E-state index contributed by atoms with van der Waals surface area (Å²) < 4.78 is 47.3. The molecule has 0 radical (unpaired) electrons. The van der Waals surface area contributed by atoms with Gasteiger partial charge in [0.2, 0.25) is 17.7 Å². The summed E-state index contributed by atoms with van der Waals surface area (Å²) in [6.45, 7) is -0.409. The molecule has 3 heterocycles. The van der Waals surface area contributed by atoms with E-state index < -0.39 is 58.0 Å². The summed E-state index contributed by atoms with van der Waals surface area (Å²) in [4.78, 5) is 54.9. The first kappa shape index (κ1) is 29.5. The topological polar surface area (TPSA) is 118 Å². The lowest BCUT2D eigenvalue weighted by atomic mass is 9.82. The molecule has 4 aromatic rings. The maximum absolute atomic E-state index is 14.0. The fraction of sp³-hybridized carbons (Fsp3) is 0.200. The van der Waals surface area contributed by atoms with Gasteiger partial charge in [0.1, 0.15) is 23.3 Å². The van der Waals surface area contributed by atoms with Crippen molar-refractivity contribution in [1.29, 1.82) is 0 Å². The Kier molecular flexibility index (Phi) is 7.49. The molecule has 1 saturated heterocycles. The zero-order chi connectivity index (χ0) is 31.3. The van der Waals surface area contributed by atoms with Crippen molar-refractivity contribution in [3.8, 4) is 11.5 Å². The van der Waals surface area contributed by atoms with E-state index >= 15 is 0 Å². The molecular formula is C30H22F3N3O6S2. The van der Waals surface area contributed by atoms with E-state index in [1.54, 1.807) is 24.3 Å². The molecule has 3 amide bonds. The van der Waals surface area contributed by atoms with Crippen LogP contribution in [0.5, 0.6) is 11.5 Å². The van der Waals surface area contributed by atoms with E-state index in [0.29, 0.717) is 26.9 Å². The number of hydrogen-bond donors (Lipinski definition) is 2. The number of carbonyl (C=O) groups is 3. The first-order chi connectivity index (χ1) is 21.0. The minimum Gasteiger partial charge on any atom is -0.508 e. The van der Waals surface area contributed by atoms with Crippen molar-refractivity contribution in [2.75, 3.05) is 17.3 Å². The van der Waals surface area contributed by atoms with Crippen LogP contribution >= 0.6 is 23.1 Å². The van der Waals surface area contributed by atoms with Crippen LogP contribution in [0.1, 0.15) is 21.9 Å². The molecule has 6 rings (SSSR count). The minimum absolute atomic E-state index is 0.00872. The van der Waals surface area contributed by atoms with E-state index in [0.717, 1.165) is 46.2 Å². The molecule has 0 saturated carbocycles. The van der Waals surface area contributed by atoms with Crippen molar-refractivity contribution < 1.29 is 37.4 Å². The Hall–Kier alpha value is -4.56. The summed E-state index contributed by atoms with van der Waals surface area (Å²) in [5, 5.41) is 11.4. The maximum Gasteiger partial charge on any atom is 0.416 e. The van der Waals surface area contributed by atoms with Gasteiger partial charge in [0, 0.05) is 22.0 Å². The quantitative estimate of drug-likeness (QED) is 0.223. The number of thiazole rings is 1. The van der Waals surface area contributed by atoms with Gasteiger partial charge in [0.05, 0.1) is 29.3 Å². The molecule has 14 heteroatoms. The molecule has 2 aliphatic heterocycles. The third kappa shape index (κ3) is 5.13. The highest BCUT2D eigenvalue weighted by Gasteiger charge is 2.57. The number of benzene rings is 3. The van der Waals surface area contributed by atoms with E-state index in [1.165, 1.54) is 42.0 Å². The van der Waals surface area contributed by atoms with Gasteiger partial charge in [0.15, 0.2) is 0 Å². The second-order valence-corrected chi connectivity index (χ2v) is 12.2. The summed E-state index contributed by atoms with van der Waals surface area (Å²) in [5.74, 6) is -3.51. The molecule has 0 bridgehead atoms. The van der Waals surface area contributed by atoms with E-state index in [9.17, 15) is 37.5 Å². The van der Waals surface area contributed by atoms with E-state index in [1.807, 2.05) is 0 Å². The van der Waals surface area contributed by atoms with E-state index in [4.69, 9.17) is 4.74 Å². The van der Waals surface area contributed by atoms with Gasteiger partial charge < -0.3 is 15.2 Å². The van der Waals surface area contributed by atoms with Crippen molar-refractivity contribution in [1.82, 2.24) is 4.57 Å². The third-order valence-corrected chi connectivity index (χ3v) is 10.0. The molecule has 2 N–H and O–H groups in total. The van der Waals surface area contributed by atoms with Crippen LogP contribution in [-0.2, 0) is 27.1 Å². The van der Waals surface area contributed by atoms with Gasteiger partial charge in [-0.1, -0.05) is 47.4 Å². The predicted molar refractivity (Wildman–Crippen MR) is 157 cm³/mol. The fourth-order valence-electron chi connectivity index (χ4n) is 5.48. The van der Waals surface area contributed by atoms with Gasteiger partial charge >= 0.3 is 11.0 Å². The third-order valence-electron chi connectivity index (χ3n) is 7.41. The summed E-state index contributed by atoms with van der Waals surface area (Å²) in [7, 11) is 1.44. The smallest absolute Gasteiger partial charge is 0.416 e. The minimum atomic E-state index is -4.69. The van der Waals surface area contributed by atoms with Gasteiger partial charge in [-0.25, -0.2) is 4.90 Å². The number of halogens is 3. The molecule has 2 aliphatic rings. The number of anilines is 2. The normalized spacial score (nSPS) is 19.5. The molecule has 226 valence electrons. The molecular weight excluding hydrogens is 619 g/mol. The Balaban J connectivity index is 1.43. The lowest BCUT2D eigenvalue weighted by Crippen LogP contribution is -2.33. The number of hydrogen-bond acceptors (Lipinski definition) is 8. The molecule has 0 spiro atoms. The van der Waals surface area contributed by atoms with Crippen LogP contribution < -0.4 is 19.8 Å². The number of fused-ring (bicyclic) bond motifs is 2. The summed E-state index contributed by atoms with van der Waals surface area (Å²) in [6.07, 6.45) is -4.69. The van der Waals surface area contributed by atoms with Crippen molar-refractivity contribution in [3.63, 3.8) is 0 Å². The number of phenols is 1. The number of ether oxygens (including phenoxy) is 1. The van der Waals surface area contributed by atoms with Crippen molar-refractivity contribution in [2.45, 2.75) is 28.9 Å². The van der Waals surface area contributed by atoms with Crippen molar-refractivity contribution in [2.24, 2.45) is 5.92 Å². The number of nitrogens with one attached hydrogen (secondary N) is 1. The second-order valence-electron chi connectivity index (χ2n) is 10.1. The largest absolute Gasteiger partial charge is 0.508 e. The van der Waals surface area contributed by atoms with Gasteiger partial charge in [-0.2, -0.15) is 13.2 Å². The summed E-state index contributed by atoms with van der Waals surface area (Å²) >= 11 is 1.77. The van der Waals surface area contributed by atoms with Crippen LogP contribution in [0.4, 0.5) is 24.5 Å². The number of phenolic OH excluding ortho intramolecular Hbond substituents is 1. The zero-order valence-corrected chi connectivity index (χ0v) is 24.3. The molecule has 44 heavy (non-hydrogen) atoms. The Morgan fingerprint density at radius 1 is 1.00 bits per heavy atom. The molecule has 0 unspecified atom stereocenters. The molecule has 9 nitrogen and oxygen atoms in total. The first-order valence-electron chi connectivity index (χ1n) is 13.1. The van der Waals surface area contributed by atoms with Gasteiger partial charge in [-0.3, -0.25) is 23.7 Å². The van der Waals surface area contributed by atoms with Crippen LogP contribution in [-0.4, -0.2) is 39.8 Å². The number of nitrogens with zero attached hydrogens (tertiary/aromatic N) is 2. The Morgan fingerprint density at radius 2 is 1.73 bits per heavy atom. The Bertz CT molecular complexity index is 1850. The Morgan fingerprint density at radius 3 is 2.43 bits per heavy atom. The number of aromatic hydroxyl groups is 1. The van der Waals surface area contributed by atoms with Gasteiger partial charge in [-0.15, -0.1) is 0 Å². The lowest BCUT2D eigenvalue weighted by molar-refractivity contribution is -0.137. The average Bonchev–Trinajstić information content (AvgIpc) is 3.44. The number of aromatic nitrogens is 1. The monoisotopic (exact) mass is 641 g/mol.